The summed E-state index contributed by atoms with van der Waals surface area (Å²) in [5.41, 5.74) is 4.75. The molecule has 6 heteroatoms. The molecule has 2 heterocycles. The van der Waals surface area contributed by atoms with Crippen LogP contribution in [-0.4, -0.2) is 21.3 Å². The predicted octanol–water partition coefficient (Wildman–Crippen LogP) is 2.59. The Kier molecular flexibility index (Phi) is 3.82. The van der Waals surface area contributed by atoms with Crippen LogP contribution in [0.2, 0.25) is 0 Å². The molecule has 2 N–H and O–H groups in total. The zero-order chi connectivity index (χ0) is 18.1. The van der Waals surface area contributed by atoms with Gasteiger partial charge in [-0.1, -0.05) is 0 Å². The van der Waals surface area contributed by atoms with Crippen molar-refractivity contribution in [2.24, 2.45) is 0 Å². The normalized spacial score (nSPS) is 10.8. The van der Waals surface area contributed by atoms with E-state index in [2.05, 4.69) is 31.2 Å². The molecule has 26 heavy (non-hydrogen) atoms. The number of anilines is 1. The van der Waals surface area contributed by atoms with Crippen molar-refractivity contribution in [1.82, 2.24) is 15.4 Å². The van der Waals surface area contributed by atoms with Crippen LogP contribution < -0.4 is 9.88 Å². The maximum atomic E-state index is 12.5. The van der Waals surface area contributed by atoms with Crippen LogP contribution in [0.25, 0.3) is 21.9 Å². The van der Waals surface area contributed by atoms with Crippen LogP contribution in [0.1, 0.15) is 16.1 Å². The molecule has 2 aromatic carbocycles. The molecule has 6 nitrogen and oxygen atoms in total. The van der Waals surface area contributed by atoms with Crippen LogP contribution >= 0.6 is 0 Å². The minimum Gasteiger partial charge on any atom is -0.322 e. The fourth-order valence-electron chi connectivity index (χ4n) is 2.99. The molecule has 0 unspecified atom stereocenters. The van der Waals surface area contributed by atoms with Crippen LogP contribution in [-0.2, 0) is 6.54 Å². The first-order valence-corrected chi connectivity index (χ1v) is 8.14. The number of carbonyl (C=O) groups is 1. The van der Waals surface area contributed by atoms with Gasteiger partial charge in [0.05, 0.1) is 0 Å². The summed E-state index contributed by atoms with van der Waals surface area (Å²) < 4.78 is 2.07. The Morgan fingerprint density at radius 1 is 1.15 bits per heavy atom. The second-order valence-corrected chi connectivity index (χ2v) is 6.02. The van der Waals surface area contributed by atoms with E-state index in [1.165, 1.54) is 0 Å². The fourth-order valence-corrected chi connectivity index (χ4v) is 2.99. The van der Waals surface area contributed by atoms with Crippen molar-refractivity contribution in [2.45, 2.75) is 13.5 Å². The second kappa shape index (κ2) is 6.30. The number of fused-ring (bicyclic) bond motifs is 2. The van der Waals surface area contributed by atoms with E-state index in [1.54, 1.807) is 18.2 Å². The lowest BCUT2D eigenvalue weighted by Gasteiger charge is -2.07. The number of nitrogens with one attached hydrogen (secondary N) is 2. The van der Waals surface area contributed by atoms with Gasteiger partial charge in [0.25, 0.3) is 5.91 Å². The Bertz CT molecular complexity index is 1190. The molecular weight excluding hydrogens is 326 g/mol. The molecule has 0 aliphatic carbocycles. The topological polar surface area (TPSA) is 74.6 Å². The molecule has 0 radical (unpaired) electrons. The minimum atomic E-state index is -0.196. The van der Waals surface area contributed by atoms with E-state index in [-0.39, 0.29) is 5.91 Å². The number of hydrogen-bond acceptors (Lipinski definition) is 3. The fraction of sp³-hybridized carbons (Fsp3) is 0.100. The summed E-state index contributed by atoms with van der Waals surface area (Å²) in [5, 5.41) is 14.5. The molecule has 4 rings (SSSR count). The lowest BCUT2D eigenvalue weighted by Crippen LogP contribution is -2.37. The number of amides is 1. The van der Waals surface area contributed by atoms with Gasteiger partial charge in [-0.05, 0) is 42.3 Å². The number of benzene rings is 2. The van der Waals surface area contributed by atoms with Crippen LogP contribution in [0.4, 0.5) is 5.69 Å². The first-order valence-electron chi connectivity index (χ1n) is 8.14. The molecule has 126 valence electrons. The smallest absolute Gasteiger partial charge is 0.255 e. The van der Waals surface area contributed by atoms with Crippen LogP contribution in [0.3, 0.4) is 0 Å². The average Bonchev–Trinajstić information content (AvgIpc) is 3.12. The van der Waals surface area contributed by atoms with E-state index >= 15 is 0 Å². The molecule has 2 aromatic heterocycles. The van der Waals surface area contributed by atoms with E-state index in [9.17, 15) is 4.79 Å². The van der Waals surface area contributed by atoms with Crippen molar-refractivity contribution in [3.05, 3.63) is 59.8 Å². The van der Waals surface area contributed by atoms with Gasteiger partial charge in [0.1, 0.15) is 11.0 Å². The number of nitrogens with zero attached hydrogens (tertiary/aromatic N) is 3. The molecule has 0 spiro atoms. The van der Waals surface area contributed by atoms with E-state index < -0.39 is 0 Å². The van der Waals surface area contributed by atoms with Gasteiger partial charge in [0.2, 0.25) is 12.1 Å². The number of rotatable bonds is 3. The average molecular weight is 342 g/mol. The highest BCUT2D eigenvalue weighted by atomic mass is 16.1. The van der Waals surface area contributed by atoms with Crippen LogP contribution in [0.15, 0.2) is 48.5 Å². The van der Waals surface area contributed by atoms with Gasteiger partial charge < -0.3 is 5.32 Å². The van der Waals surface area contributed by atoms with Gasteiger partial charge in [0.15, 0.2) is 5.69 Å². The third-order valence-corrected chi connectivity index (χ3v) is 4.33. The third-order valence-electron chi connectivity index (χ3n) is 4.33. The Hall–Kier alpha value is -3.72. The van der Waals surface area contributed by atoms with Gasteiger partial charge in [-0.2, -0.15) is 20.0 Å². The number of terminal acetylenes is 1. The Morgan fingerprint density at radius 3 is 2.85 bits per heavy atom. The van der Waals surface area contributed by atoms with Gasteiger partial charge in [-0.15, -0.1) is 6.42 Å². The number of pyridine rings is 1. The van der Waals surface area contributed by atoms with Crippen molar-refractivity contribution in [3.8, 4) is 12.3 Å². The van der Waals surface area contributed by atoms with Crippen molar-refractivity contribution in [3.63, 3.8) is 0 Å². The highest BCUT2D eigenvalue weighted by Gasteiger charge is 2.13. The number of carbonyl (C=O) groups excluding carboxylic acids is 1. The predicted molar refractivity (Wildman–Crippen MR) is 99.6 cm³/mol. The molecule has 4 aromatic rings. The Morgan fingerprint density at radius 2 is 2.00 bits per heavy atom. The summed E-state index contributed by atoms with van der Waals surface area (Å²) in [6, 6.07) is 15.0. The number of H-pyrrole nitrogens is 1. The highest BCUT2D eigenvalue weighted by Crippen LogP contribution is 2.19. The third kappa shape index (κ3) is 2.76. The van der Waals surface area contributed by atoms with Gasteiger partial charge in [-0.3, -0.25) is 4.79 Å². The van der Waals surface area contributed by atoms with Gasteiger partial charge in [-0.25, -0.2) is 0 Å². The van der Waals surface area contributed by atoms with Crippen molar-refractivity contribution < 1.29 is 9.36 Å². The van der Waals surface area contributed by atoms with Crippen molar-refractivity contribution in [2.75, 3.05) is 5.32 Å². The first-order chi connectivity index (χ1) is 12.7. The van der Waals surface area contributed by atoms with E-state index in [1.807, 2.05) is 37.3 Å². The summed E-state index contributed by atoms with van der Waals surface area (Å²) in [6.07, 6.45) is 5.47. The molecule has 0 aliphatic rings. The summed E-state index contributed by atoms with van der Waals surface area (Å²) in [4.78, 5) is 12.5. The lowest BCUT2D eigenvalue weighted by molar-refractivity contribution is -0.664. The standard InChI is InChI=1S/C20H15N5O/c1-3-10-25-13(2)4-5-14-11-16(7-9-19(14)25)21-20(26)15-6-8-17-18(12-15)23-24-22-17/h1,4-9,11-12H,10H2,2H3,(H-,21,22,23,24,26)/p+1. The summed E-state index contributed by atoms with van der Waals surface area (Å²) in [6.45, 7) is 2.53. The Balaban J connectivity index is 1.65. The summed E-state index contributed by atoms with van der Waals surface area (Å²) in [7, 11) is 0. The number of aromatic amines is 1. The van der Waals surface area contributed by atoms with Crippen LogP contribution in [0.5, 0.6) is 0 Å². The molecule has 0 bridgehead atoms. The molecule has 1 amide bonds. The second-order valence-electron chi connectivity index (χ2n) is 6.02. The zero-order valence-electron chi connectivity index (χ0n) is 14.2. The number of hydrogen-bond donors (Lipinski definition) is 2. The maximum absolute atomic E-state index is 12.5. The molecule has 0 fully saturated rings. The Labute approximate surface area is 149 Å². The SMILES string of the molecule is C#CC[n+]1c(C)ccc2cc(NC(=O)c3ccc4n[nH]nc4c3)ccc21. The van der Waals surface area contributed by atoms with Crippen LogP contribution in [0, 0.1) is 19.3 Å². The molecule has 0 aliphatic heterocycles. The van der Waals surface area contributed by atoms with Crippen molar-refractivity contribution >= 4 is 33.5 Å². The number of aryl methyl sites for hydroxylation is 1. The summed E-state index contributed by atoms with van der Waals surface area (Å²) >= 11 is 0. The first kappa shape index (κ1) is 15.8. The van der Waals surface area contributed by atoms with Gasteiger partial charge in [0, 0.05) is 35.7 Å². The quantitative estimate of drug-likeness (QED) is 0.444. The summed E-state index contributed by atoms with van der Waals surface area (Å²) in [5.74, 6) is 2.48. The van der Waals surface area contributed by atoms with E-state index in [0.29, 0.717) is 17.6 Å². The minimum absolute atomic E-state index is 0.196. The van der Waals surface area contributed by atoms with Crippen molar-refractivity contribution in [1.29, 1.82) is 0 Å². The zero-order valence-corrected chi connectivity index (χ0v) is 14.2. The monoisotopic (exact) mass is 342 g/mol. The molecule has 0 saturated heterocycles. The van der Waals surface area contributed by atoms with E-state index in [4.69, 9.17) is 6.42 Å². The largest absolute Gasteiger partial charge is 0.322 e. The number of aromatic nitrogens is 4. The van der Waals surface area contributed by atoms with E-state index in [0.717, 1.165) is 27.8 Å². The molecule has 0 atom stereocenters. The maximum Gasteiger partial charge on any atom is 0.255 e. The highest BCUT2D eigenvalue weighted by molar-refractivity contribution is 6.06. The van der Waals surface area contributed by atoms with Gasteiger partial charge >= 0.3 is 0 Å². The lowest BCUT2D eigenvalue weighted by atomic mass is 10.1. The molecule has 0 saturated carbocycles. The molecular formula is C20H16N5O+.